The molecular weight excluding hydrogens is 407 g/mol. The molecule has 1 atom stereocenters. The van der Waals surface area contributed by atoms with Crippen molar-refractivity contribution in [1.82, 2.24) is 4.72 Å². The molecule has 0 aliphatic carbocycles. The second-order valence-electron chi connectivity index (χ2n) is 5.76. The number of nitrogens with one attached hydrogen (secondary N) is 1. The molecule has 2 aromatic carbocycles. The van der Waals surface area contributed by atoms with E-state index in [1.165, 1.54) is 19.2 Å². The monoisotopic (exact) mass is 423 g/mol. The summed E-state index contributed by atoms with van der Waals surface area (Å²) in [4.78, 5) is -0.633. The van der Waals surface area contributed by atoms with Crippen molar-refractivity contribution in [3.05, 3.63) is 59.1 Å². The van der Waals surface area contributed by atoms with Gasteiger partial charge in [-0.15, -0.1) is 13.2 Å². The average Bonchev–Trinajstić information content (AvgIpc) is 2.59. The van der Waals surface area contributed by atoms with E-state index in [0.29, 0.717) is 10.6 Å². The average molecular weight is 424 g/mol. The minimum Gasteiger partial charge on any atom is -0.404 e. The van der Waals surface area contributed by atoms with Gasteiger partial charge in [-0.05, 0) is 36.8 Å². The molecule has 0 fully saturated rings. The fourth-order valence-corrected chi connectivity index (χ4v) is 3.74. The lowest BCUT2D eigenvalue weighted by Gasteiger charge is -2.29. The minimum absolute atomic E-state index is 0.244. The molecule has 2 aromatic rings. The number of methoxy groups -OCH3 is 1. The number of para-hydroxylation sites is 1. The Morgan fingerprint density at radius 1 is 1.11 bits per heavy atom. The van der Waals surface area contributed by atoms with E-state index in [0.717, 1.165) is 12.1 Å². The topological polar surface area (TPSA) is 64.6 Å². The number of hydrogen-bond acceptors (Lipinski definition) is 4. The largest absolute Gasteiger partial charge is 0.573 e. The van der Waals surface area contributed by atoms with Crippen LogP contribution in [0.5, 0.6) is 5.75 Å². The summed E-state index contributed by atoms with van der Waals surface area (Å²) in [6, 6.07) is 11.1. The van der Waals surface area contributed by atoms with E-state index in [2.05, 4.69) is 9.46 Å². The number of halogens is 4. The molecule has 0 heterocycles. The Bertz CT molecular complexity index is 905. The Morgan fingerprint density at radius 2 is 1.78 bits per heavy atom. The van der Waals surface area contributed by atoms with Crippen molar-refractivity contribution >= 4 is 21.6 Å². The Morgan fingerprint density at radius 3 is 2.37 bits per heavy atom. The second kappa shape index (κ2) is 8.05. The van der Waals surface area contributed by atoms with Crippen LogP contribution in [-0.2, 0) is 20.4 Å². The minimum atomic E-state index is -5.02. The summed E-state index contributed by atoms with van der Waals surface area (Å²) in [5.41, 5.74) is -0.502. The summed E-state index contributed by atoms with van der Waals surface area (Å²) in [7, 11) is -2.93. The summed E-state index contributed by atoms with van der Waals surface area (Å²) in [6.07, 6.45) is -5.02. The molecule has 0 bridgehead atoms. The van der Waals surface area contributed by atoms with Crippen molar-refractivity contribution in [2.45, 2.75) is 23.8 Å². The smallest absolute Gasteiger partial charge is 0.404 e. The maximum Gasteiger partial charge on any atom is 0.573 e. The van der Waals surface area contributed by atoms with E-state index < -0.39 is 32.6 Å². The summed E-state index contributed by atoms with van der Waals surface area (Å²) in [5.74, 6) is -0.820. The van der Waals surface area contributed by atoms with Crippen LogP contribution >= 0.6 is 11.6 Å². The molecule has 2 rings (SSSR count). The first-order valence-corrected chi connectivity index (χ1v) is 9.49. The Hall–Kier alpha value is -1.81. The summed E-state index contributed by atoms with van der Waals surface area (Å²) in [6.45, 7) is 1.38. The lowest BCUT2D eigenvalue weighted by molar-refractivity contribution is -0.275. The lowest BCUT2D eigenvalue weighted by Crippen LogP contribution is -2.40. The highest BCUT2D eigenvalue weighted by Crippen LogP contribution is 2.31. The van der Waals surface area contributed by atoms with Crippen LogP contribution in [0.3, 0.4) is 0 Å². The molecule has 5 nitrogen and oxygen atoms in total. The van der Waals surface area contributed by atoms with Crippen LogP contribution in [0.25, 0.3) is 0 Å². The van der Waals surface area contributed by atoms with Crippen molar-refractivity contribution in [2.24, 2.45) is 0 Å². The van der Waals surface area contributed by atoms with E-state index in [4.69, 9.17) is 16.3 Å². The maximum absolute atomic E-state index is 12.6. The molecular formula is C17H17ClF3NO4S. The van der Waals surface area contributed by atoms with E-state index in [-0.39, 0.29) is 6.54 Å². The highest BCUT2D eigenvalue weighted by Gasteiger charge is 2.35. The third-order valence-electron chi connectivity index (χ3n) is 3.85. The molecule has 148 valence electrons. The van der Waals surface area contributed by atoms with Crippen molar-refractivity contribution in [3.8, 4) is 5.75 Å². The molecule has 0 aliphatic rings. The highest BCUT2D eigenvalue weighted by atomic mass is 35.5. The van der Waals surface area contributed by atoms with Crippen LogP contribution < -0.4 is 9.46 Å². The van der Waals surface area contributed by atoms with E-state index in [1.54, 1.807) is 31.2 Å². The number of hydrogen-bond donors (Lipinski definition) is 1. The fraction of sp³-hybridized carbons (Fsp3) is 0.294. The van der Waals surface area contributed by atoms with Crippen LogP contribution in [-0.4, -0.2) is 28.4 Å². The lowest BCUT2D eigenvalue weighted by atomic mass is 9.96. The Balaban J connectivity index is 2.29. The van der Waals surface area contributed by atoms with Gasteiger partial charge in [0.05, 0.1) is 0 Å². The third kappa shape index (κ3) is 5.58. The van der Waals surface area contributed by atoms with Gasteiger partial charge in [-0.3, -0.25) is 0 Å². The van der Waals surface area contributed by atoms with Gasteiger partial charge in [0.15, 0.2) is 0 Å². The van der Waals surface area contributed by atoms with E-state index in [1.807, 2.05) is 0 Å². The van der Waals surface area contributed by atoms with Gasteiger partial charge in [0.2, 0.25) is 10.0 Å². The normalized spacial score (nSPS) is 14.6. The number of ether oxygens (including phenoxy) is 2. The van der Waals surface area contributed by atoms with Gasteiger partial charge in [0.25, 0.3) is 0 Å². The first-order chi connectivity index (χ1) is 12.5. The Labute approximate surface area is 160 Å². The molecule has 0 saturated carbocycles. The molecule has 0 unspecified atom stereocenters. The predicted octanol–water partition coefficient (Wildman–Crippen LogP) is 4.08. The molecule has 0 aliphatic heterocycles. The van der Waals surface area contributed by atoms with Crippen molar-refractivity contribution in [1.29, 1.82) is 0 Å². The number of alkyl halides is 3. The first-order valence-electron chi connectivity index (χ1n) is 7.62. The third-order valence-corrected chi connectivity index (χ3v) is 5.53. The predicted molar refractivity (Wildman–Crippen MR) is 94.1 cm³/mol. The van der Waals surface area contributed by atoms with E-state index in [9.17, 15) is 21.6 Å². The summed E-state index contributed by atoms with van der Waals surface area (Å²) in [5, 5.41) is 0.433. The Kier molecular flexibility index (Phi) is 6.41. The first kappa shape index (κ1) is 21.5. The quantitative estimate of drug-likeness (QED) is 0.728. The van der Waals surface area contributed by atoms with Gasteiger partial charge in [-0.1, -0.05) is 35.9 Å². The fourth-order valence-electron chi connectivity index (χ4n) is 2.30. The van der Waals surface area contributed by atoms with Gasteiger partial charge >= 0.3 is 6.36 Å². The number of rotatable bonds is 7. The van der Waals surface area contributed by atoms with Crippen molar-refractivity contribution in [2.75, 3.05) is 13.7 Å². The van der Waals surface area contributed by atoms with Crippen molar-refractivity contribution < 1.29 is 31.1 Å². The van der Waals surface area contributed by atoms with Gasteiger partial charge in [-0.2, -0.15) is 0 Å². The summed E-state index contributed by atoms with van der Waals surface area (Å²) < 4.78 is 74.2. The van der Waals surface area contributed by atoms with Crippen molar-refractivity contribution in [3.63, 3.8) is 0 Å². The molecule has 0 aromatic heterocycles. The van der Waals surface area contributed by atoms with Crippen LogP contribution in [0.1, 0.15) is 12.5 Å². The van der Waals surface area contributed by atoms with Crippen LogP contribution in [0.2, 0.25) is 5.02 Å². The molecule has 0 spiro atoms. The molecule has 1 N–H and O–H groups in total. The molecule has 0 amide bonds. The van der Waals surface area contributed by atoms with Gasteiger partial charge in [0, 0.05) is 18.7 Å². The van der Waals surface area contributed by atoms with Crippen LogP contribution in [0.4, 0.5) is 13.2 Å². The standard InChI is InChI=1S/C17H17ClF3NO4S/c1-16(25-2,12-6-5-7-13(18)10-12)11-22-27(23,24)15-9-4-3-8-14(15)26-17(19,20)21/h3-10,22H,11H2,1-2H3/t16-/m1/s1. The maximum atomic E-state index is 12.6. The molecule has 0 saturated heterocycles. The highest BCUT2D eigenvalue weighted by molar-refractivity contribution is 7.89. The van der Waals surface area contributed by atoms with E-state index >= 15 is 0 Å². The zero-order valence-corrected chi connectivity index (χ0v) is 16.0. The molecule has 27 heavy (non-hydrogen) atoms. The van der Waals surface area contributed by atoms with Crippen LogP contribution in [0.15, 0.2) is 53.4 Å². The molecule has 0 radical (unpaired) electrons. The van der Waals surface area contributed by atoms with Gasteiger partial charge < -0.3 is 9.47 Å². The SMILES string of the molecule is CO[C@](C)(CNS(=O)(=O)c1ccccc1OC(F)(F)F)c1cccc(Cl)c1. The zero-order valence-electron chi connectivity index (χ0n) is 14.4. The van der Waals surface area contributed by atoms with Gasteiger partial charge in [0.1, 0.15) is 16.2 Å². The molecule has 10 heteroatoms. The number of sulfonamides is 1. The number of benzene rings is 2. The zero-order chi connectivity index (χ0) is 20.3. The second-order valence-corrected chi connectivity index (χ2v) is 7.94. The summed E-state index contributed by atoms with van der Waals surface area (Å²) >= 11 is 5.96. The van der Waals surface area contributed by atoms with Gasteiger partial charge in [-0.25, -0.2) is 13.1 Å². The van der Waals surface area contributed by atoms with Crippen LogP contribution in [0, 0.1) is 0 Å².